The van der Waals surface area contributed by atoms with Gasteiger partial charge in [0.25, 0.3) is 0 Å². The first-order chi connectivity index (χ1) is 7.78. The van der Waals surface area contributed by atoms with Crippen molar-refractivity contribution in [1.82, 2.24) is 5.32 Å². The largest absolute Gasteiger partial charge is 0.325 e. The highest BCUT2D eigenvalue weighted by molar-refractivity contribution is 14.1. The molecular weight excluding hydrogens is 395 g/mol. The molecule has 5 heteroatoms. The maximum absolute atomic E-state index is 11.7. The zero-order valence-electron chi connectivity index (χ0n) is 10.1. The van der Waals surface area contributed by atoms with Crippen LogP contribution in [0.4, 0.5) is 5.69 Å². The number of hydrogen-bond acceptors (Lipinski definition) is 2. The molecule has 0 saturated carbocycles. The molecule has 0 spiro atoms. The van der Waals surface area contributed by atoms with Crippen LogP contribution in [0.3, 0.4) is 0 Å². The van der Waals surface area contributed by atoms with Gasteiger partial charge >= 0.3 is 0 Å². The number of amides is 1. The Morgan fingerprint density at radius 1 is 1.41 bits per heavy atom. The zero-order valence-corrected chi connectivity index (χ0v) is 13.8. The van der Waals surface area contributed by atoms with Crippen molar-refractivity contribution in [3.05, 3.63) is 26.2 Å². The van der Waals surface area contributed by atoms with Crippen molar-refractivity contribution in [1.29, 1.82) is 0 Å². The highest BCUT2D eigenvalue weighted by atomic mass is 127. The van der Waals surface area contributed by atoms with Crippen LogP contribution in [0.5, 0.6) is 0 Å². The second-order valence-electron chi connectivity index (χ2n) is 4.78. The second kappa shape index (κ2) is 6.15. The smallest absolute Gasteiger partial charge is 0.238 e. The van der Waals surface area contributed by atoms with Crippen molar-refractivity contribution >= 4 is 50.1 Å². The van der Waals surface area contributed by atoms with E-state index in [4.69, 9.17) is 0 Å². The van der Waals surface area contributed by atoms with Gasteiger partial charge in [-0.05, 0) is 77.5 Å². The van der Waals surface area contributed by atoms with Gasteiger partial charge < -0.3 is 10.6 Å². The van der Waals surface area contributed by atoms with Gasteiger partial charge in [0.15, 0.2) is 0 Å². The minimum atomic E-state index is -0.0501. The summed E-state index contributed by atoms with van der Waals surface area (Å²) in [4.78, 5) is 11.7. The summed E-state index contributed by atoms with van der Waals surface area (Å²) in [5, 5.41) is 6.00. The van der Waals surface area contributed by atoms with Gasteiger partial charge in [0.2, 0.25) is 5.91 Å². The normalized spacial score (nSPS) is 11.4. The summed E-state index contributed by atoms with van der Waals surface area (Å²) < 4.78 is 2.10. The minimum Gasteiger partial charge on any atom is -0.325 e. The lowest BCUT2D eigenvalue weighted by Gasteiger charge is -2.20. The molecule has 0 fully saturated rings. The number of halogens is 2. The minimum absolute atomic E-state index is 0.0296. The van der Waals surface area contributed by atoms with Crippen LogP contribution in [0.15, 0.2) is 22.7 Å². The number of carbonyl (C=O) groups is 1. The lowest BCUT2D eigenvalue weighted by atomic mass is 10.1. The molecular formula is C12H16BrIN2O. The maximum atomic E-state index is 11.7. The first-order valence-electron chi connectivity index (χ1n) is 5.28. The van der Waals surface area contributed by atoms with Crippen LogP contribution in [-0.2, 0) is 4.79 Å². The van der Waals surface area contributed by atoms with Gasteiger partial charge in [-0.25, -0.2) is 0 Å². The summed E-state index contributed by atoms with van der Waals surface area (Å²) in [5.74, 6) is -0.0296. The fourth-order valence-corrected chi connectivity index (χ4v) is 1.89. The molecule has 0 heterocycles. The van der Waals surface area contributed by atoms with E-state index >= 15 is 0 Å². The van der Waals surface area contributed by atoms with E-state index in [-0.39, 0.29) is 11.4 Å². The predicted octanol–water partition coefficient (Wildman–Crippen LogP) is 3.38. The van der Waals surface area contributed by atoms with E-state index in [9.17, 15) is 4.79 Å². The molecule has 3 nitrogen and oxygen atoms in total. The summed E-state index contributed by atoms with van der Waals surface area (Å²) in [6, 6.07) is 5.73. The lowest BCUT2D eigenvalue weighted by Crippen LogP contribution is -2.41. The Hall–Kier alpha value is -0.140. The van der Waals surface area contributed by atoms with Gasteiger partial charge in [-0.3, -0.25) is 4.79 Å². The molecule has 1 amide bonds. The molecule has 0 bridgehead atoms. The van der Waals surface area contributed by atoms with Crippen LogP contribution in [-0.4, -0.2) is 18.0 Å². The van der Waals surface area contributed by atoms with Crippen LogP contribution < -0.4 is 10.6 Å². The van der Waals surface area contributed by atoms with Crippen molar-refractivity contribution < 1.29 is 4.79 Å². The molecule has 2 N–H and O–H groups in total. The molecule has 0 aliphatic carbocycles. The predicted molar refractivity (Wildman–Crippen MR) is 83.2 cm³/mol. The fraction of sp³-hybridized carbons (Fsp3) is 0.417. The molecule has 0 saturated heterocycles. The van der Waals surface area contributed by atoms with Crippen molar-refractivity contribution in [3.63, 3.8) is 0 Å². The number of benzene rings is 1. The van der Waals surface area contributed by atoms with Crippen LogP contribution in [0.1, 0.15) is 20.8 Å². The van der Waals surface area contributed by atoms with E-state index in [2.05, 4.69) is 49.2 Å². The van der Waals surface area contributed by atoms with Gasteiger partial charge in [-0.2, -0.15) is 0 Å². The average Bonchev–Trinajstić information content (AvgIpc) is 2.20. The topological polar surface area (TPSA) is 41.1 Å². The summed E-state index contributed by atoms with van der Waals surface area (Å²) in [6.07, 6.45) is 0. The third-order valence-electron chi connectivity index (χ3n) is 1.98. The molecule has 0 aliphatic rings. The molecule has 1 aromatic carbocycles. The summed E-state index contributed by atoms with van der Waals surface area (Å²) in [5.41, 5.74) is 0.768. The average molecular weight is 411 g/mol. The molecule has 0 aromatic heterocycles. The van der Waals surface area contributed by atoms with E-state index in [1.54, 1.807) is 0 Å². The number of hydrogen-bond donors (Lipinski definition) is 2. The Bertz CT molecular complexity index is 415. The van der Waals surface area contributed by atoms with Crippen molar-refractivity contribution in [3.8, 4) is 0 Å². The number of nitrogens with one attached hydrogen (secondary N) is 2. The number of anilines is 1. The Labute approximate surface area is 124 Å². The molecule has 0 atom stereocenters. The summed E-state index contributed by atoms with van der Waals surface area (Å²) in [6.45, 7) is 6.41. The molecule has 0 unspecified atom stereocenters. The summed E-state index contributed by atoms with van der Waals surface area (Å²) in [7, 11) is 0. The quantitative estimate of drug-likeness (QED) is 0.750. The van der Waals surface area contributed by atoms with Gasteiger partial charge in [-0.1, -0.05) is 0 Å². The molecule has 1 aromatic rings. The maximum Gasteiger partial charge on any atom is 0.238 e. The highest BCUT2D eigenvalue weighted by Crippen LogP contribution is 2.22. The third kappa shape index (κ3) is 5.83. The standard InChI is InChI=1S/C12H16BrIN2O/c1-12(2,3)15-7-11(17)16-8-4-5-9(13)10(14)6-8/h4-6,15H,7H2,1-3H3,(H,16,17). The first-order valence-corrected chi connectivity index (χ1v) is 7.15. The van der Waals surface area contributed by atoms with Crippen molar-refractivity contribution in [2.75, 3.05) is 11.9 Å². The number of carbonyl (C=O) groups excluding carboxylic acids is 1. The van der Waals surface area contributed by atoms with Gasteiger partial charge in [-0.15, -0.1) is 0 Å². The van der Waals surface area contributed by atoms with E-state index in [1.807, 2.05) is 39.0 Å². The monoisotopic (exact) mass is 410 g/mol. The van der Waals surface area contributed by atoms with Crippen molar-refractivity contribution in [2.24, 2.45) is 0 Å². The van der Waals surface area contributed by atoms with Crippen LogP contribution in [0, 0.1) is 3.57 Å². The number of rotatable bonds is 3. The third-order valence-corrected chi connectivity index (χ3v) is 4.31. The zero-order chi connectivity index (χ0) is 13.1. The van der Waals surface area contributed by atoms with Gasteiger partial charge in [0.1, 0.15) is 0 Å². The molecule has 0 aliphatic heterocycles. The van der Waals surface area contributed by atoms with E-state index in [1.165, 1.54) is 0 Å². The Morgan fingerprint density at radius 2 is 2.06 bits per heavy atom. The van der Waals surface area contributed by atoms with E-state index < -0.39 is 0 Å². The van der Waals surface area contributed by atoms with Crippen LogP contribution in [0.25, 0.3) is 0 Å². The lowest BCUT2D eigenvalue weighted by molar-refractivity contribution is -0.115. The highest BCUT2D eigenvalue weighted by Gasteiger charge is 2.11. The van der Waals surface area contributed by atoms with Gasteiger partial charge in [0, 0.05) is 19.3 Å². The molecule has 1 rings (SSSR count). The van der Waals surface area contributed by atoms with Crippen molar-refractivity contribution in [2.45, 2.75) is 26.3 Å². The molecule has 0 radical (unpaired) electrons. The summed E-state index contributed by atoms with van der Waals surface area (Å²) >= 11 is 5.64. The van der Waals surface area contributed by atoms with E-state index in [0.717, 1.165) is 13.7 Å². The Balaban J connectivity index is 2.54. The van der Waals surface area contributed by atoms with Crippen LogP contribution in [0.2, 0.25) is 0 Å². The van der Waals surface area contributed by atoms with Crippen LogP contribution >= 0.6 is 38.5 Å². The molecule has 94 valence electrons. The first kappa shape index (κ1) is 14.9. The SMILES string of the molecule is CC(C)(C)NCC(=O)Nc1ccc(Br)c(I)c1. The van der Waals surface area contributed by atoms with E-state index in [0.29, 0.717) is 6.54 Å². The Morgan fingerprint density at radius 3 is 2.59 bits per heavy atom. The second-order valence-corrected chi connectivity index (χ2v) is 6.80. The fourth-order valence-electron chi connectivity index (χ4n) is 1.12. The Kier molecular flexibility index (Phi) is 5.40. The van der Waals surface area contributed by atoms with Gasteiger partial charge in [0.05, 0.1) is 6.54 Å². The molecule has 17 heavy (non-hydrogen) atoms.